The second-order valence-electron chi connectivity index (χ2n) is 3.79. The second-order valence-corrected chi connectivity index (χ2v) is 3.79. The molecule has 0 fully saturated rings. The smallest absolute Gasteiger partial charge is 0.0624 e. The molecule has 0 saturated carbocycles. The van der Waals surface area contributed by atoms with Crippen molar-refractivity contribution in [2.75, 3.05) is 0 Å². The van der Waals surface area contributed by atoms with Crippen molar-refractivity contribution in [1.29, 1.82) is 5.26 Å². The van der Waals surface area contributed by atoms with E-state index in [9.17, 15) is 0 Å². The van der Waals surface area contributed by atoms with E-state index >= 15 is 0 Å². The van der Waals surface area contributed by atoms with E-state index in [1.165, 1.54) is 11.1 Å². The van der Waals surface area contributed by atoms with Gasteiger partial charge in [-0.3, -0.25) is 0 Å². The lowest BCUT2D eigenvalue weighted by atomic mass is 9.98. The van der Waals surface area contributed by atoms with Crippen LogP contribution in [0.5, 0.6) is 0 Å². The van der Waals surface area contributed by atoms with Crippen LogP contribution < -0.4 is 0 Å². The average molecular weight is 165 g/mol. The molecule has 0 aliphatic rings. The maximum Gasteiger partial charge on any atom is 0.0624 e. The van der Waals surface area contributed by atoms with Crippen LogP contribution in [0.1, 0.15) is 47.0 Å². The summed E-state index contributed by atoms with van der Waals surface area (Å²) >= 11 is 0. The second kappa shape index (κ2) is 5.83. The van der Waals surface area contributed by atoms with Gasteiger partial charge in [-0.15, -0.1) is 0 Å². The van der Waals surface area contributed by atoms with E-state index in [0.29, 0.717) is 12.3 Å². The molecule has 0 aliphatic carbocycles. The van der Waals surface area contributed by atoms with Crippen LogP contribution >= 0.6 is 0 Å². The molecule has 68 valence electrons. The standard InChI is InChI=1S/C11H19N/c1-9(2)11(4)6-5-10(3)7-8-12/h10H,5-7H2,1-4H3. The molecule has 0 radical (unpaired) electrons. The van der Waals surface area contributed by atoms with E-state index < -0.39 is 0 Å². The predicted octanol–water partition coefficient (Wildman–Crippen LogP) is 3.67. The SMILES string of the molecule is CC(C)=C(C)CCC(C)CC#N. The highest BCUT2D eigenvalue weighted by Crippen LogP contribution is 2.16. The molecule has 1 unspecified atom stereocenters. The van der Waals surface area contributed by atoms with E-state index in [2.05, 4.69) is 33.8 Å². The van der Waals surface area contributed by atoms with Crippen molar-refractivity contribution in [3.8, 4) is 6.07 Å². The largest absolute Gasteiger partial charge is 0.198 e. The molecule has 1 nitrogen and oxygen atoms in total. The molecular formula is C11H19N. The minimum absolute atomic E-state index is 0.546. The van der Waals surface area contributed by atoms with Crippen LogP contribution in [-0.2, 0) is 0 Å². The maximum atomic E-state index is 8.45. The fraction of sp³-hybridized carbons (Fsp3) is 0.727. The fourth-order valence-corrected chi connectivity index (χ4v) is 0.971. The van der Waals surface area contributed by atoms with Gasteiger partial charge in [0.1, 0.15) is 0 Å². The molecule has 0 aromatic heterocycles. The summed E-state index contributed by atoms with van der Waals surface area (Å²) in [5.74, 6) is 0.546. The molecule has 0 amide bonds. The first kappa shape index (κ1) is 11.2. The summed E-state index contributed by atoms with van der Waals surface area (Å²) in [7, 11) is 0. The van der Waals surface area contributed by atoms with E-state index in [1.807, 2.05) is 0 Å². The summed E-state index contributed by atoms with van der Waals surface area (Å²) < 4.78 is 0. The first-order valence-corrected chi connectivity index (χ1v) is 4.57. The molecule has 1 heteroatoms. The van der Waals surface area contributed by atoms with Gasteiger partial charge in [0.25, 0.3) is 0 Å². The Labute approximate surface area is 76.1 Å². The molecule has 0 aromatic carbocycles. The van der Waals surface area contributed by atoms with Gasteiger partial charge in [0.2, 0.25) is 0 Å². The first-order valence-electron chi connectivity index (χ1n) is 4.57. The number of rotatable bonds is 4. The molecule has 0 aromatic rings. The predicted molar refractivity (Wildman–Crippen MR) is 52.7 cm³/mol. The van der Waals surface area contributed by atoms with Gasteiger partial charge in [-0.05, 0) is 39.5 Å². The van der Waals surface area contributed by atoms with E-state index in [-0.39, 0.29) is 0 Å². The van der Waals surface area contributed by atoms with Crippen molar-refractivity contribution in [3.63, 3.8) is 0 Å². The van der Waals surface area contributed by atoms with Gasteiger partial charge in [0, 0.05) is 6.42 Å². The summed E-state index contributed by atoms with van der Waals surface area (Å²) in [5.41, 5.74) is 2.89. The van der Waals surface area contributed by atoms with Crippen molar-refractivity contribution in [3.05, 3.63) is 11.1 Å². The van der Waals surface area contributed by atoms with Crippen LogP contribution in [0.3, 0.4) is 0 Å². The van der Waals surface area contributed by atoms with Gasteiger partial charge in [-0.1, -0.05) is 18.1 Å². The van der Waals surface area contributed by atoms with Crippen molar-refractivity contribution in [2.45, 2.75) is 47.0 Å². The number of nitrogens with zero attached hydrogens (tertiary/aromatic N) is 1. The van der Waals surface area contributed by atoms with Crippen LogP contribution in [0.25, 0.3) is 0 Å². The number of hydrogen-bond acceptors (Lipinski definition) is 1. The molecule has 1 atom stereocenters. The summed E-state index contributed by atoms with van der Waals surface area (Å²) in [6, 6.07) is 2.20. The third kappa shape index (κ3) is 4.96. The fourth-order valence-electron chi connectivity index (χ4n) is 0.971. The Kier molecular flexibility index (Phi) is 5.45. The van der Waals surface area contributed by atoms with Crippen molar-refractivity contribution in [2.24, 2.45) is 5.92 Å². The van der Waals surface area contributed by atoms with Crippen molar-refractivity contribution < 1.29 is 0 Å². The normalized spacial score (nSPS) is 11.9. The van der Waals surface area contributed by atoms with Crippen LogP contribution in [0.4, 0.5) is 0 Å². The minimum Gasteiger partial charge on any atom is -0.198 e. The molecule has 0 aliphatic heterocycles. The zero-order valence-corrected chi connectivity index (χ0v) is 8.65. The van der Waals surface area contributed by atoms with Gasteiger partial charge < -0.3 is 0 Å². The van der Waals surface area contributed by atoms with Crippen molar-refractivity contribution >= 4 is 0 Å². The summed E-state index contributed by atoms with van der Waals surface area (Å²) in [6.45, 7) is 8.60. The third-order valence-corrected chi connectivity index (χ3v) is 2.31. The van der Waals surface area contributed by atoms with Gasteiger partial charge >= 0.3 is 0 Å². The van der Waals surface area contributed by atoms with Gasteiger partial charge in [-0.25, -0.2) is 0 Å². The number of allylic oxidation sites excluding steroid dienone is 2. The molecule has 0 heterocycles. The summed E-state index contributed by atoms with van der Waals surface area (Å²) in [5, 5.41) is 8.45. The zero-order chi connectivity index (χ0) is 9.56. The zero-order valence-electron chi connectivity index (χ0n) is 8.65. The maximum absolute atomic E-state index is 8.45. The van der Waals surface area contributed by atoms with Crippen molar-refractivity contribution in [1.82, 2.24) is 0 Å². The lowest BCUT2D eigenvalue weighted by Crippen LogP contribution is -1.93. The van der Waals surface area contributed by atoms with Crippen LogP contribution in [-0.4, -0.2) is 0 Å². The lowest BCUT2D eigenvalue weighted by Gasteiger charge is -2.07. The molecule has 0 rings (SSSR count). The Bertz CT molecular complexity index is 192. The minimum atomic E-state index is 0.546. The Morgan fingerprint density at radius 1 is 1.33 bits per heavy atom. The Morgan fingerprint density at radius 3 is 2.33 bits per heavy atom. The highest BCUT2D eigenvalue weighted by Gasteiger charge is 2.01. The highest BCUT2D eigenvalue weighted by molar-refractivity contribution is 5.06. The van der Waals surface area contributed by atoms with Crippen LogP contribution in [0.2, 0.25) is 0 Å². The van der Waals surface area contributed by atoms with Gasteiger partial charge in [0.05, 0.1) is 6.07 Å². The Balaban J connectivity index is 3.70. The quantitative estimate of drug-likeness (QED) is 0.583. The summed E-state index contributed by atoms with van der Waals surface area (Å²) in [4.78, 5) is 0. The Morgan fingerprint density at radius 2 is 1.92 bits per heavy atom. The van der Waals surface area contributed by atoms with Crippen LogP contribution in [0, 0.1) is 17.2 Å². The Hall–Kier alpha value is -0.770. The molecule has 0 saturated heterocycles. The first-order chi connectivity index (χ1) is 5.57. The molecule has 0 N–H and O–H groups in total. The van der Waals surface area contributed by atoms with E-state index in [4.69, 9.17) is 5.26 Å². The van der Waals surface area contributed by atoms with Gasteiger partial charge in [0.15, 0.2) is 0 Å². The monoisotopic (exact) mass is 165 g/mol. The molecule has 0 spiro atoms. The average Bonchev–Trinajstić information content (AvgIpc) is 2.00. The third-order valence-electron chi connectivity index (χ3n) is 2.31. The molecule has 0 bridgehead atoms. The highest BCUT2D eigenvalue weighted by atomic mass is 14.2. The topological polar surface area (TPSA) is 23.8 Å². The molecule has 12 heavy (non-hydrogen) atoms. The number of hydrogen-bond donors (Lipinski definition) is 0. The van der Waals surface area contributed by atoms with E-state index in [1.54, 1.807) is 0 Å². The summed E-state index contributed by atoms with van der Waals surface area (Å²) in [6.07, 6.45) is 2.98. The lowest BCUT2D eigenvalue weighted by molar-refractivity contribution is 0.543. The van der Waals surface area contributed by atoms with E-state index in [0.717, 1.165) is 12.8 Å². The molecular weight excluding hydrogens is 146 g/mol. The van der Waals surface area contributed by atoms with Gasteiger partial charge in [-0.2, -0.15) is 5.26 Å². The van der Waals surface area contributed by atoms with Crippen LogP contribution in [0.15, 0.2) is 11.1 Å². The number of nitriles is 1.